The van der Waals surface area contributed by atoms with E-state index in [0.717, 1.165) is 35.1 Å². The maximum Gasteiger partial charge on any atom is 0.306 e. The molecule has 0 aromatic heterocycles. The number of carbonyl (C=O) groups excluding carboxylic acids is 1. The third-order valence-corrected chi connectivity index (χ3v) is 3.98. The van der Waals surface area contributed by atoms with E-state index in [2.05, 4.69) is 0 Å². The summed E-state index contributed by atoms with van der Waals surface area (Å²) in [6, 6.07) is 0. The van der Waals surface area contributed by atoms with Crippen molar-refractivity contribution in [3.8, 4) is 0 Å². The minimum Gasteiger partial charge on any atom is -0.481 e. The van der Waals surface area contributed by atoms with E-state index in [1.54, 1.807) is 13.0 Å². The van der Waals surface area contributed by atoms with Crippen LogP contribution in [0.2, 0.25) is 0 Å². The Hall–Kier alpha value is -1.64. The normalized spacial score (nSPS) is 25.3. The van der Waals surface area contributed by atoms with Crippen LogP contribution in [0.3, 0.4) is 0 Å². The van der Waals surface area contributed by atoms with Crippen molar-refractivity contribution in [2.45, 2.75) is 33.6 Å². The third-order valence-electron chi connectivity index (χ3n) is 3.98. The first-order chi connectivity index (χ1) is 8.41. The van der Waals surface area contributed by atoms with Crippen molar-refractivity contribution in [1.29, 1.82) is 0 Å². The van der Waals surface area contributed by atoms with Crippen molar-refractivity contribution >= 4 is 11.8 Å². The molecule has 0 aromatic rings. The summed E-state index contributed by atoms with van der Waals surface area (Å²) >= 11 is 0. The van der Waals surface area contributed by atoms with Gasteiger partial charge in [0.15, 0.2) is 5.78 Å². The van der Waals surface area contributed by atoms with Crippen LogP contribution in [-0.2, 0) is 9.59 Å². The molecule has 0 bridgehead atoms. The van der Waals surface area contributed by atoms with Crippen molar-refractivity contribution in [3.63, 3.8) is 0 Å². The Morgan fingerprint density at radius 1 is 1.44 bits per heavy atom. The highest BCUT2D eigenvalue weighted by Gasteiger charge is 2.30. The summed E-state index contributed by atoms with van der Waals surface area (Å²) < 4.78 is 0. The van der Waals surface area contributed by atoms with E-state index in [-0.39, 0.29) is 11.7 Å². The minimum absolute atomic E-state index is 0.000741. The number of aliphatic carboxylic acids is 1. The van der Waals surface area contributed by atoms with Gasteiger partial charge in [-0.1, -0.05) is 18.6 Å². The van der Waals surface area contributed by atoms with Gasteiger partial charge in [0.25, 0.3) is 0 Å². The van der Waals surface area contributed by atoms with Crippen LogP contribution < -0.4 is 0 Å². The summed E-state index contributed by atoms with van der Waals surface area (Å²) in [5, 5.41) is 9.13. The number of carboxylic acids is 1. The van der Waals surface area contributed by atoms with Gasteiger partial charge in [0.2, 0.25) is 0 Å². The summed E-state index contributed by atoms with van der Waals surface area (Å²) in [5.41, 5.74) is 3.79. The van der Waals surface area contributed by atoms with Gasteiger partial charge in [0.1, 0.15) is 0 Å². The molecule has 3 nitrogen and oxygen atoms in total. The van der Waals surface area contributed by atoms with Crippen molar-refractivity contribution < 1.29 is 14.7 Å². The van der Waals surface area contributed by atoms with Crippen LogP contribution in [0.5, 0.6) is 0 Å². The van der Waals surface area contributed by atoms with E-state index in [9.17, 15) is 9.59 Å². The Balaban J connectivity index is 2.42. The summed E-state index contributed by atoms with van der Waals surface area (Å²) in [7, 11) is 0. The molecule has 0 fully saturated rings. The quantitative estimate of drug-likeness (QED) is 0.815. The molecule has 0 heterocycles. The molecule has 96 valence electrons. The topological polar surface area (TPSA) is 54.4 Å². The predicted octanol–water partition coefficient (Wildman–Crippen LogP) is 2.89. The van der Waals surface area contributed by atoms with Crippen LogP contribution in [-0.4, -0.2) is 16.9 Å². The predicted molar refractivity (Wildman–Crippen MR) is 69.1 cm³/mol. The second kappa shape index (κ2) is 4.56. The molecule has 2 rings (SSSR count). The molecule has 0 spiro atoms. The Morgan fingerprint density at radius 3 is 2.72 bits per heavy atom. The van der Waals surface area contributed by atoms with Gasteiger partial charge in [-0.15, -0.1) is 0 Å². The average molecular weight is 246 g/mol. The van der Waals surface area contributed by atoms with E-state index in [1.807, 2.05) is 19.9 Å². The van der Waals surface area contributed by atoms with Gasteiger partial charge in [-0.05, 0) is 49.8 Å². The molecule has 0 saturated carbocycles. The lowest BCUT2D eigenvalue weighted by Crippen LogP contribution is -2.19. The number of carboxylic acid groups (broad SMARTS) is 1. The molecule has 0 aromatic carbocycles. The first kappa shape index (κ1) is 12.8. The van der Waals surface area contributed by atoms with Gasteiger partial charge in [0.05, 0.1) is 5.92 Å². The number of ketones is 1. The van der Waals surface area contributed by atoms with E-state index >= 15 is 0 Å². The Kier molecular flexibility index (Phi) is 3.24. The largest absolute Gasteiger partial charge is 0.481 e. The van der Waals surface area contributed by atoms with Crippen molar-refractivity contribution in [1.82, 2.24) is 0 Å². The van der Waals surface area contributed by atoms with Crippen LogP contribution >= 0.6 is 0 Å². The first-order valence-corrected chi connectivity index (χ1v) is 6.29. The molecule has 1 N–H and O–H groups in total. The monoisotopic (exact) mass is 246 g/mol. The highest BCUT2D eigenvalue weighted by atomic mass is 16.4. The fraction of sp³-hybridized carbons (Fsp3) is 0.467. The highest BCUT2D eigenvalue weighted by molar-refractivity contribution is 6.13. The Labute approximate surface area is 107 Å². The smallest absolute Gasteiger partial charge is 0.306 e. The van der Waals surface area contributed by atoms with Gasteiger partial charge in [-0.3, -0.25) is 9.59 Å². The van der Waals surface area contributed by atoms with Gasteiger partial charge in [-0.2, -0.15) is 0 Å². The van der Waals surface area contributed by atoms with Crippen LogP contribution in [0.4, 0.5) is 0 Å². The van der Waals surface area contributed by atoms with Crippen molar-refractivity contribution in [2.24, 2.45) is 11.8 Å². The summed E-state index contributed by atoms with van der Waals surface area (Å²) in [6.45, 7) is 5.62. The van der Waals surface area contributed by atoms with E-state index < -0.39 is 11.9 Å². The molecule has 18 heavy (non-hydrogen) atoms. The molecule has 2 atom stereocenters. The zero-order valence-corrected chi connectivity index (χ0v) is 11.0. The van der Waals surface area contributed by atoms with Gasteiger partial charge < -0.3 is 5.11 Å². The van der Waals surface area contributed by atoms with Crippen LogP contribution in [0.15, 0.2) is 34.4 Å². The summed E-state index contributed by atoms with van der Waals surface area (Å²) in [6.07, 6.45) is 5.23. The number of rotatable bonds is 2. The molecule has 0 unspecified atom stereocenters. The molecule has 0 saturated heterocycles. The van der Waals surface area contributed by atoms with Crippen molar-refractivity contribution in [3.05, 3.63) is 34.4 Å². The Morgan fingerprint density at radius 2 is 2.11 bits per heavy atom. The van der Waals surface area contributed by atoms with Crippen molar-refractivity contribution in [2.75, 3.05) is 0 Å². The number of hydrogen-bond acceptors (Lipinski definition) is 2. The van der Waals surface area contributed by atoms with E-state index in [4.69, 9.17) is 5.11 Å². The maximum atomic E-state index is 11.9. The molecular weight excluding hydrogens is 228 g/mol. The highest BCUT2D eigenvalue weighted by Crippen LogP contribution is 2.38. The fourth-order valence-corrected chi connectivity index (χ4v) is 2.71. The van der Waals surface area contributed by atoms with E-state index in [0.29, 0.717) is 0 Å². The van der Waals surface area contributed by atoms with Gasteiger partial charge in [-0.25, -0.2) is 0 Å². The lowest BCUT2D eigenvalue weighted by Gasteiger charge is -2.16. The fourth-order valence-electron chi connectivity index (χ4n) is 2.71. The van der Waals surface area contributed by atoms with Gasteiger partial charge >= 0.3 is 5.97 Å². The number of hydrogen-bond donors (Lipinski definition) is 1. The van der Waals surface area contributed by atoms with Gasteiger partial charge in [0, 0.05) is 5.57 Å². The lowest BCUT2D eigenvalue weighted by molar-refractivity contribution is -0.142. The summed E-state index contributed by atoms with van der Waals surface area (Å²) in [5.74, 6) is -1.11. The molecule has 0 aliphatic heterocycles. The first-order valence-electron chi connectivity index (χ1n) is 6.29. The van der Waals surface area contributed by atoms with Crippen LogP contribution in [0.1, 0.15) is 33.6 Å². The number of carbonyl (C=O) groups is 2. The zero-order chi connectivity index (χ0) is 13.4. The van der Waals surface area contributed by atoms with Crippen LogP contribution in [0, 0.1) is 11.8 Å². The average Bonchev–Trinajstić information content (AvgIpc) is 2.48. The number of fused-ring (bicyclic) bond motifs is 1. The summed E-state index contributed by atoms with van der Waals surface area (Å²) in [4.78, 5) is 23.0. The minimum atomic E-state index is -0.774. The van der Waals surface area contributed by atoms with Crippen LogP contribution in [0.25, 0.3) is 0 Å². The third kappa shape index (κ3) is 2.05. The standard InChI is InChI=1S/C15H18O3/c1-8-4-5-11(10(3)15(17)18)7-12-9(2)6-13(16)14(8)12/h6-7,10-11H,4-5H2,1-3H3,(H,17,18)/t10-,11-/m1/s1. The molecule has 2 aliphatic carbocycles. The second-order valence-corrected chi connectivity index (χ2v) is 5.26. The number of allylic oxidation sites excluding steroid dienone is 6. The van der Waals surface area contributed by atoms with E-state index in [1.165, 1.54) is 0 Å². The Bertz CT molecular complexity index is 506. The SMILES string of the molecule is CC1=CC(=O)C2=C(C)CC[C@@H]([C@@H](C)C(=O)O)C=C12. The zero-order valence-electron chi connectivity index (χ0n) is 11.0. The molecule has 0 radical (unpaired) electrons. The second-order valence-electron chi connectivity index (χ2n) is 5.26. The lowest BCUT2D eigenvalue weighted by atomic mass is 9.88. The maximum absolute atomic E-state index is 11.9. The molecular formula is C15H18O3. The molecule has 2 aliphatic rings. The molecule has 3 heteroatoms. The molecule has 0 amide bonds.